The summed E-state index contributed by atoms with van der Waals surface area (Å²) >= 11 is 0. The quantitative estimate of drug-likeness (QED) is 0.662. The maximum absolute atomic E-state index is 11.3. The Hall–Kier alpha value is -0.884. The van der Waals surface area contributed by atoms with Crippen LogP contribution in [0.5, 0.6) is 0 Å². The maximum atomic E-state index is 11.3. The zero-order valence-electron chi connectivity index (χ0n) is 8.42. The second-order valence-corrected chi connectivity index (χ2v) is 4.74. The van der Waals surface area contributed by atoms with E-state index < -0.39 is 10.1 Å². The zero-order chi connectivity index (χ0) is 11.8. The van der Waals surface area contributed by atoms with Crippen LogP contribution in [0.1, 0.15) is 5.56 Å². The van der Waals surface area contributed by atoms with E-state index in [9.17, 15) is 13.0 Å². The van der Waals surface area contributed by atoms with Gasteiger partial charge in [-0.1, -0.05) is 49.1 Å². The average molecular weight is 261 g/mol. The topological polar surface area (TPSA) is 54.4 Å². The first kappa shape index (κ1) is 14.2. The third-order valence-electron chi connectivity index (χ3n) is 2.39. The molecular formula is C12H12MgO3S. The van der Waals surface area contributed by atoms with Crippen molar-refractivity contribution in [3.8, 4) is 0 Å². The van der Waals surface area contributed by atoms with Gasteiger partial charge in [0.05, 0.1) is 0 Å². The summed E-state index contributed by atoms with van der Waals surface area (Å²) in [6.45, 7) is 3.54. The molecule has 86 valence electrons. The van der Waals surface area contributed by atoms with Gasteiger partial charge < -0.3 is 0 Å². The molecule has 0 radical (unpaired) electrons. The van der Waals surface area contributed by atoms with E-state index in [1.165, 1.54) is 6.08 Å². The Balaban J connectivity index is 0.00000144. The Morgan fingerprint density at radius 2 is 1.76 bits per heavy atom. The van der Waals surface area contributed by atoms with Crippen molar-refractivity contribution in [3.63, 3.8) is 0 Å². The summed E-state index contributed by atoms with van der Waals surface area (Å²) in [6.07, 6.45) is 1.41. The van der Waals surface area contributed by atoms with Crippen molar-refractivity contribution in [1.82, 2.24) is 0 Å². The number of hydrogen-bond donors (Lipinski definition) is 1. The van der Waals surface area contributed by atoms with Crippen molar-refractivity contribution in [2.75, 3.05) is 0 Å². The number of rotatable bonds is 2. The molecule has 0 saturated heterocycles. The molecule has 0 fully saturated rings. The first-order valence-corrected chi connectivity index (χ1v) is 6.10. The van der Waals surface area contributed by atoms with Gasteiger partial charge in [0.1, 0.15) is 4.90 Å². The third-order valence-corrected chi connectivity index (χ3v) is 3.36. The molecule has 0 aliphatic rings. The highest BCUT2D eigenvalue weighted by molar-refractivity contribution is 7.86. The molecule has 0 bridgehead atoms. The van der Waals surface area contributed by atoms with Gasteiger partial charge in [-0.3, -0.25) is 4.55 Å². The summed E-state index contributed by atoms with van der Waals surface area (Å²) in [5.74, 6) is 0. The van der Waals surface area contributed by atoms with Gasteiger partial charge in [-0.05, 0) is 10.9 Å². The highest BCUT2D eigenvalue weighted by Gasteiger charge is 2.17. The maximum Gasteiger partial charge on any atom is 0.316 e. The van der Waals surface area contributed by atoms with Crippen molar-refractivity contribution in [3.05, 3.63) is 48.5 Å². The molecule has 2 aromatic carbocycles. The van der Waals surface area contributed by atoms with Gasteiger partial charge >= 0.3 is 23.1 Å². The van der Waals surface area contributed by atoms with E-state index in [2.05, 4.69) is 6.58 Å². The lowest BCUT2D eigenvalue weighted by Crippen LogP contribution is -2.01. The van der Waals surface area contributed by atoms with Crippen LogP contribution >= 0.6 is 0 Å². The molecule has 17 heavy (non-hydrogen) atoms. The lowest BCUT2D eigenvalue weighted by molar-refractivity contribution is 0.484. The van der Waals surface area contributed by atoms with E-state index in [1.807, 2.05) is 6.07 Å². The molecule has 0 atom stereocenters. The molecule has 0 heterocycles. The van der Waals surface area contributed by atoms with Crippen molar-refractivity contribution in [1.29, 1.82) is 0 Å². The Kier molecular flexibility index (Phi) is 4.32. The van der Waals surface area contributed by atoms with E-state index >= 15 is 0 Å². The number of benzene rings is 2. The van der Waals surface area contributed by atoms with Crippen LogP contribution < -0.4 is 0 Å². The van der Waals surface area contributed by atoms with E-state index in [4.69, 9.17) is 0 Å². The first-order valence-electron chi connectivity index (χ1n) is 4.65. The highest BCUT2D eigenvalue weighted by Crippen LogP contribution is 2.27. The van der Waals surface area contributed by atoms with E-state index in [0.29, 0.717) is 10.9 Å². The normalized spacial score (nSPS) is 10.9. The summed E-state index contributed by atoms with van der Waals surface area (Å²) < 4.78 is 31.9. The standard InChI is InChI=1S/C12H10O3S.Mg.2H/c1-2-9-7-8-10-5-3-4-6-11(10)12(9)16(13,14)15;;;/h2-8H,1H2,(H,13,14,15);;;. The monoisotopic (exact) mass is 260 g/mol. The molecule has 2 rings (SSSR count). The fourth-order valence-electron chi connectivity index (χ4n) is 1.71. The Morgan fingerprint density at radius 3 is 2.35 bits per heavy atom. The van der Waals surface area contributed by atoms with Crippen molar-refractivity contribution >= 4 is 50.0 Å². The zero-order valence-corrected chi connectivity index (χ0v) is 9.24. The molecule has 1 N–H and O–H groups in total. The molecular weight excluding hydrogens is 249 g/mol. The SMILES string of the molecule is C=Cc1ccc2ccccc2c1S(=O)(=O)O.[MgH2]. The van der Waals surface area contributed by atoms with Crippen molar-refractivity contribution in [2.45, 2.75) is 4.90 Å². The van der Waals surface area contributed by atoms with Crippen LogP contribution in [0.15, 0.2) is 47.9 Å². The van der Waals surface area contributed by atoms with E-state index in [1.54, 1.807) is 30.3 Å². The summed E-state index contributed by atoms with van der Waals surface area (Å²) in [6, 6.07) is 10.4. The van der Waals surface area contributed by atoms with Gasteiger partial charge in [0.2, 0.25) is 0 Å². The van der Waals surface area contributed by atoms with Gasteiger partial charge in [-0.25, -0.2) is 0 Å². The van der Waals surface area contributed by atoms with E-state index in [0.717, 1.165) is 5.39 Å². The lowest BCUT2D eigenvalue weighted by atomic mass is 10.1. The molecule has 0 spiro atoms. The Bertz CT molecular complexity index is 663. The average Bonchev–Trinajstić information content (AvgIpc) is 2.26. The van der Waals surface area contributed by atoms with Crippen LogP contribution in [0.4, 0.5) is 0 Å². The van der Waals surface area contributed by atoms with Gasteiger partial charge in [-0.2, -0.15) is 8.42 Å². The molecule has 5 heteroatoms. The summed E-state index contributed by atoms with van der Waals surface area (Å²) in [5, 5.41) is 1.27. The predicted octanol–water partition coefficient (Wildman–Crippen LogP) is 1.81. The molecule has 0 unspecified atom stereocenters. The molecule has 0 aliphatic carbocycles. The Labute approximate surface area is 116 Å². The molecule has 0 aromatic heterocycles. The van der Waals surface area contributed by atoms with Gasteiger partial charge in [0.15, 0.2) is 0 Å². The van der Waals surface area contributed by atoms with Crippen molar-refractivity contribution < 1.29 is 13.0 Å². The van der Waals surface area contributed by atoms with Crippen LogP contribution in [0.3, 0.4) is 0 Å². The van der Waals surface area contributed by atoms with Gasteiger partial charge in [-0.15, -0.1) is 0 Å². The summed E-state index contributed by atoms with van der Waals surface area (Å²) in [7, 11) is -4.24. The second kappa shape index (κ2) is 5.18. The van der Waals surface area contributed by atoms with Crippen LogP contribution in [0, 0.1) is 0 Å². The lowest BCUT2D eigenvalue weighted by Gasteiger charge is -2.07. The summed E-state index contributed by atoms with van der Waals surface area (Å²) in [4.78, 5) is -0.0828. The van der Waals surface area contributed by atoms with E-state index in [-0.39, 0.29) is 27.9 Å². The second-order valence-electron chi connectivity index (χ2n) is 3.38. The molecule has 3 nitrogen and oxygen atoms in total. The molecule has 0 saturated carbocycles. The van der Waals surface area contributed by atoms with Crippen LogP contribution in [-0.4, -0.2) is 36.0 Å². The largest absolute Gasteiger partial charge is 0.316 e. The Morgan fingerprint density at radius 1 is 1.12 bits per heavy atom. The van der Waals surface area contributed by atoms with Gasteiger partial charge in [0.25, 0.3) is 10.1 Å². The first-order chi connectivity index (χ1) is 7.54. The number of fused-ring (bicyclic) bond motifs is 1. The fourth-order valence-corrected chi connectivity index (χ4v) is 2.62. The summed E-state index contributed by atoms with van der Waals surface area (Å²) in [5.41, 5.74) is 0.404. The van der Waals surface area contributed by atoms with Gasteiger partial charge in [0, 0.05) is 5.39 Å². The van der Waals surface area contributed by atoms with Crippen molar-refractivity contribution in [2.24, 2.45) is 0 Å². The smallest absolute Gasteiger partial charge is 0.282 e. The molecule has 0 aliphatic heterocycles. The third kappa shape index (κ3) is 2.69. The minimum absolute atomic E-state index is 0. The number of hydrogen-bond acceptors (Lipinski definition) is 2. The molecule has 2 aromatic rings. The minimum Gasteiger partial charge on any atom is -0.282 e. The van der Waals surface area contributed by atoms with Crippen LogP contribution in [0.2, 0.25) is 0 Å². The fraction of sp³-hybridized carbons (Fsp3) is 0. The highest BCUT2D eigenvalue weighted by atomic mass is 32.2. The van der Waals surface area contributed by atoms with Crippen LogP contribution in [0.25, 0.3) is 16.8 Å². The predicted molar refractivity (Wildman–Crippen MR) is 72.4 cm³/mol. The molecule has 0 amide bonds. The van der Waals surface area contributed by atoms with Crippen LogP contribution in [-0.2, 0) is 10.1 Å². The minimum atomic E-state index is -4.24.